The predicted molar refractivity (Wildman–Crippen MR) is 49.9 cm³/mol. The largest absolute Gasteiger partial charge is 0.0622 e. The molecule has 0 N–H and O–H groups in total. The lowest BCUT2D eigenvalue weighted by Crippen LogP contribution is -1.72. The minimum absolute atomic E-state index is 0.778. The second-order valence-corrected chi connectivity index (χ2v) is 8.59. The van der Waals surface area contributed by atoms with E-state index in [0.29, 0.717) is 0 Å². The molecule has 0 amide bonds. The van der Waals surface area contributed by atoms with Gasteiger partial charge in [-0.05, 0) is 44.2 Å². The third-order valence-electron chi connectivity index (χ3n) is 1.01. The second-order valence-electron chi connectivity index (χ2n) is 1.72. The second kappa shape index (κ2) is 3.22. The molecular weight excluding hydrogens is 210 g/mol. The minimum Gasteiger partial charge on any atom is -0.0622 e. The van der Waals surface area contributed by atoms with Crippen molar-refractivity contribution in [3.63, 3.8) is 0 Å². The van der Waals surface area contributed by atoms with Crippen LogP contribution in [-0.2, 0) is 0 Å². The van der Waals surface area contributed by atoms with Crippen LogP contribution in [0.25, 0.3) is 0 Å². The van der Waals surface area contributed by atoms with Gasteiger partial charge in [0, 0.05) is 12.6 Å². The molecular formula is C6H5Cl3S. The van der Waals surface area contributed by atoms with E-state index in [1.54, 1.807) is 0 Å². The first-order valence-electron chi connectivity index (χ1n) is 2.58. The lowest BCUT2D eigenvalue weighted by molar-refractivity contribution is 1.47. The lowest BCUT2D eigenvalue weighted by Gasteiger charge is -2.14. The number of hydrogen-bond donors (Lipinski definition) is 0. The van der Waals surface area contributed by atoms with Gasteiger partial charge in [0.05, 0.1) is 0 Å². The number of benzene rings is 1. The molecule has 1 aromatic carbocycles. The molecule has 0 heterocycles. The summed E-state index contributed by atoms with van der Waals surface area (Å²) in [5, 5.41) is 0. The van der Waals surface area contributed by atoms with Crippen molar-refractivity contribution in [2.24, 2.45) is 0 Å². The third kappa shape index (κ3) is 2.24. The van der Waals surface area contributed by atoms with E-state index >= 15 is 0 Å². The van der Waals surface area contributed by atoms with Crippen molar-refractivity contribution in [1.82, 2.24) is 0 Å². The average Bonchev–Trinajstić information content (AvgIpc) is 1.88. The zero-order valence-corrected chi connectivity index (χ0v) is 8.01. The molecule has 0 saturated heterocycles. The molecule has 0 radical (unpaired) electrons. The van der Waals surface area contributed by atoms with Crippen molar-refractivity contribution in [3.05, 3.63) is 30.3 Å². The fourth-order valence-electron chi connectivity index (χ4n) is 0.575. The van der Waals surface area contributed by atoms with Gasteiger partial charge in [0.15, 0.2) is 0 Å². The topological polar surface area (TPSA) is 0 Å². The maximum atomic E-state index is 5.67. The van der Waals surface area contributed by atoms with Crippen LogP contribution in [0.15, 0.2) is 35.2 Å². The van der Waals surface area contributed by atoms with Gasteiger partial charge in [0.1, 0.15) is 0 Å². The Morgan fingerprint density at radius 1 is 0.900 bits per heavy atom. The molecule has 0 aromatic heterocycles. The molecule has 0 aliphatic heterocycles. The number of halogens is 3. The monoisotopic (exact) mass is 214 g/mol. The highest BCUT2D eigenvalue weighted by Gasteiger charge is 2.15. The van der Waals surface area contributed by atoms with E-state index in [0.717, 1.165) is 4.90 Å². The Morgan fingerprint density at radius 2 is 1.40 bits per heavy atom. The Balaban J connectivity index is 2.97. The van der Waals surface area contributed by atoms with Gasteiger partial charge in [-0.2, -0.15) is 0 Å². The summed E-state index contributed by atoms with van der Waals surface area (Å²) in [7, 11) is 14.9. The Kier molecular flexibility index (Phi) is 2.75. The molecule has 0 fully saturated rings. The summed E-state index contributed by atoms with van der Waals surface area (Å²) in [5.74, 6) is 0. The van der Waals surface area contributed by atoms with Crippen molar-refractivity contribution >= 4 is 39.7 Å². The van der Waals surface area contributed by atoms with Crippen LogP contribution >= 0.6 is 39.7 Å². The van der Waals surface area contributed by atoms with Crippen molar-refractivity contribution < 1.29 is 0 Å². The quantitative estimate of drug-likeness (QED) is 0.655. The van der Waals surface area contributed by atoms with Crippen LogP contribution in [-0.4, -0.2) is 0 Å². The standard InChI is InChI=1S/C6H5Cl3S/c7-10(8,9)6-4-2-1-3-5-6/h1-5H. The van der Waals surface area contributed by atoms with Gasteiger partial charge >= 0.3 is 0 Å². The highest BCUT2D eigenvalue weighted by atomic mass is 36.2. The summed E-state index contributed by atoms with van der Waals surface area (Å²) in [5.41, 5.74) is 0. The first kappa shape index (κ1) is 8.54. The van der Waals surface area contributed by atoms with Crippen molar-refractivity contribution in [1.29, 1.82) is 0 Å². The first-order valence-corrected chi connectivity index (χ1v) is 6.69. The molecule has 4 heteroatoms. The molecule has 1 aromatic rings. The maximum absolute atomic E-state index is 5.67. The zero-order valence-electron chi connectivity index (χ0n) is 4.93. The zero-order chi connectivity index (χ0) is 7.61. The smallest absolute Gasteiger partial charge is 0.0310 e. The molecule has 0 nitrogen and oxygen atoms in total. The minimum atomic E-state index is -2.09. The van der Waals surface area contributed by atoms with E-state index in [2.05, 4.69) is 0 Å². The SMILES string of the molecule is ClS(Cl)(Cl)c1ccccc1. The van der Waals surface area contributed by atoms with Crippen LogP contribution in [0.2, 0.25) is 0 Å². The van der Waals surface area contributed by atoms with Crippen LogP contribution in [0.5, 0.6) is 0 Å². The van der Waals surface area contributed by atoms with E-state index < -0.39 is 7.67 Å². The van der Waals surface area contributed by atoms with E-state index in [4.69, 9.17) is 32.0 Å². The van der Waals surface area contributed by atoms with Gasteiger partial charge in [-0.25, -0.2) is 0 Å². The van der Waals surface area contributed by atoms with E-state index in [1.807, 2.05) is 30.3 Å². The van der Waals surface area contributed by atoms with Gasteiger partial charge < -0.3 is 0 Å². The lowest BCUT2D eigenvalue weighted by atomic mass is 10.4. The Bertz CT molecular complexity index is 204. The highest BCUT2D eigenvalue weighted by Crippen LogP contribution is 2.69. The summed E-state index contributed by atoms with van der Waals surface area (Å²) in [4.78, 5) is 0.778. The first-order chi connectivity index (χ1) is 4.61. The molecule has 10 heavy (non-hydrogen) atoms. The van der Waals surface area contributed by atoms with E-state index in [1.165, 1.54) is 0 Å². The van der Waals surface area contributed by atoms with Gasteiger partial charge in [-0.15, -0.1) is 0 Å². The van der Waals surface area contributed by atoms with Crippen LogP contribution in [0.4, 0.5) is 0 Å². The Labute approximate surface area is 74.9 Å². The van der Waals surface area contributed by atoms with Gasteiger partial charge in [0.2, 0.25) is 0 Å². The summed E-state index contributed by atoms with van der Waals surface area (Å²) >= 11 is 0. The highest BCUT2D eigenvalue weighted by molar-refractivity contribution is 8.79. The molecule has 0 saturated carbocycles. The summed E-state index contributed by atoms with van der Waals surface area (Å²) < 4.78 is 0. The predicted octanol–water partition coefficient (Wildman–Crippen LogP) is 4.31. The van der Waals surface area contributed by atoms with Gasteiger partial charge in [-0.3, -0.25) is 0 Å². The van der Waals surface area contributed by atoms with Gasteiger partial charge in [0.25, 0.3) is 0 Å². The summed E-state index contributed by atoms with van der Waals surface area (Å²) in [6.45, 7) is 0. The van der Waals surface area contributed by atoms with Crippen LogP contribution < -0.4 is 0 Å². The summed E-state index contributed by atoms with van der Waals surface area (Å²) in [6, 6.07) is 9.21. The number of rotatable bonds is 1. The molecule has 56 valence electrons. The maximum Gasteiger partial charge on any atom is 0.0310 e. The molecule has 0 bridgehead atoms. The van der Waals surface area contributed by atoms with E-state index in [-0.39, 0.29) is 0 Å². The van der Waals surface area contributed by atoms with Crippen molar-refractivity contribution in [2.75, 3.05) is 0 Å². The third-order valence-corrected chi connectivity index (χ3v) is 3.42. The molecule has 1 rings (SSSR count). The van der Waals surface area contributed by atoms with Crippen LogP contribution in [0.3, 0.4) is 0 Å². The molecule has 0 aliphatic carbocycles. The molecule has 0 unspecified atom stereocenters. The Hall–Kier alpha value is 0.440. The molecule has 0 atom stereocenters. The molecule has 0 spiro atoms. The van der Waals surface area contributed by atoms with Crippen LogP contribution in [0.1, 0.15) is 0 Å². The molecule has 0 aliphatic rings. The van der Waals surface area contributed by atoms with Crippen molar-refractivity contribution in [3.8, 4) is 0 Å². The summed E-state index contributed by atoms with van der Waals surface area (Å²) in [6.07, 6.45) is 0. The Morgan fingerprint density at radius 3 is 1.70 bits per heavy atom. The fraction of sp³-hybridized carbons (Fsp3) is 0. The van der Waals surface area contributed by atoms with Gasteiger partial charge in [-0.1, -0.05) is 18.2 Å². The van der Waals surface area contributed by atoms with Crippen LogP contribution in [0, 0.1) is 0 Å². The van der Waals surface area contributed by atoms with Crippen molar-refractivity contribution in [2.45, 2.75) is 4.90 Å². The normalized spacial score (nSPS) is 13.1. The number of hydrogen-bond acceptors (Lipinski definition) is 0. The van der Waals surface area contributed by atoms with E-state index in [9.17, 15) is 0 Å². The average molecular weight is 216 g/mol. The fourth-order valence-corrected chi connectivity index (χ4v) is 1.97.